The maximum Gasteiger partial charge on any atom is 0.0758 e. The van der Waals surface area contributed by atoms with Gasteiger partial charge in [-0.15, -0.1) is 6.58 Å². The third-order valence-electron chi connectivity index (χ3n) is 2.92. The summed E-state index contributed by atoms with van der Waals surface area (Å²) in [6.07, 6.45) is 7.28. The molecule has 0 aromatic rings. The molecule has 1 aliphatic rings. The predicted molar refractivity (Wildman–Crippen MR) is 65.0 cm³/mol. The lowest BCUT2D eigenvalue weighted by atomic mass is 10.0. The fraction of sp³-hybridized carbons (Fsp3) is 0.846. The Kier molecular flexibility index (Phi) is 5.96. The fourth-order valence-corrected chi connectivity index (χ4v) is 2.04. The number of rotatable bonds is 9. The van der Waals surface area contributed by atoms with Crippen LogP contribution in [0.3, 0.4) is 0 Å². The molecule has 1 saturated carbocycles. The quantitative estimate of drug-likeness (QED) is 0.592. The maximum absolute atomic E-state index is 5.87. The SMILES string of the molecule is C=CCC(NCCC)C(OCC)C1CC1. The standard InChI is InChI=1S/C13H25NO/c1-4-7-12(14-10-5-2)13(15-6-3)11-8-9-11/h4,11-14H,1,5-10H2,2-3H3. The Bertz CT molecular complexity index is 177. The summed E-state index contributed by atoms with van der Waals surface area (Å²) in [5.41, 5.74) is 0. The van der Waals surface area contributed by atoms with Crippen LogP contribution < -0.4 is 5.32 Å². The van der Waals surface area contributed by atoms with Crippen LogP contribution in [0.25, 0.3) is 0 Å². The van der Waals surface area contributed by atoms with Gasteiger partial charge in [-0.1, -0.05) is 13.0 Å². The van der Waals surface area contributed by atoms with E-state index in [-0.39, 0.29) is 0 Å². The smallest absolute Gasteiger partial charge is 0.0758 e. The summed E-state index contributed by atoms with van der Waals surface area (Å²) in [7, 11) is 0. The second-order valence-corrected chi connectivity index (χ2v) is 4.34. The monoisotopic (exact) mass is 211 g/mol. The van der Waals surface area contributed by atoms with Crippen LogP contribution in [0.1, 0.15) is 39.5 Å². The number of hydrogen-bond donors (Lipinski definition) is 1. The lowest BCUT2D eigenvalue weighted by Gasteiger charge is -2.27. The van der Waals surface area contributed by atoms with Crippen molar-refractivity contribution < 1.29 is 4.74 Å². The van der Waals surface area contributed by atoms with Crippen LogP contribution in [0.15, 0.2) is 12.7 Å². The van der Waals surface area contributed by atoms with Crippen molar-refractivity contribution in [2.45, 2.75) is 51.7 Å². The van der Waals surface area contributed by atoms with Gasteiger partial charge in [0.15, 0.2) is 0 Å². The van der Waals surface area contributed by atoms with Gasteiger partial charge in [0.2, 0.25) is 0 Å². The van der Waals surface area contributed by atoms with Crippen molar-refractivity contribution in [3.8, 4) is 0 Å². The summed E-state index contributed by atoms with van der Waals surface area (Å²) in [5.74, 6) is 0.791. The molecule has 0 amide bonds. The van der Waals surface area contributed by atoms with Crippen molar-refractivity contribution in [2.75, 3.05) is 13.2 Å². The molecule has 0 bridgehead atoms. The van der Waals surface area contributed by atoms with Crippen molar-refractivity contribution in [2.24, 2.45) is 5.92 Å². The zero-order chi connectivity index (χ0) is 11.1. The van der Waals surface area contributed by atoms with Crippen LogP contribution in [-0.2, 0) is 4.74 Å². The molecule has 1 fully saturated rings. The van der Waals surface area contributed by atoms with Crippen molar-refractivity contribution in [3.05, 3.63) is 12.7 Å². The highest BCUT2D eigenvalue weighted by Gasteiger charge is 2.36. The largest absolute Gasteiger partial charge is 0.377 e. The van der Waals surface area contributed by atoms with Crippen molar-refractivity contribution in [1.29, 1.82) is 0 Å². The van der Waals surface area contributed by atoms with Gasteiger partial charge in [-0.25, -0.2) is 0 Å². The molecule has 2 heteroatoms. The Morgan fingerprint density at radius 1 is 1.47 bits per heavy atom. The summed E-state index contributed by atoms with van der Waals surface area (Å²) in [5, 5.41) is 3.58. The summed E-state index contributed by atoms with van der Waals surface area (Å²) >= 11 is 0. The highest BCUT2D eigenvalue weighted by Crippen LogP contribution is 2.36. The molecule has 1 rings (SSSR count). The Morgan fingerprint density at radius 2 is 2.20 bits per heavy atom. The van der Waals surface area contributed by atoms with Crippen LogP contribution >= 0.6 is 0 Å². The molecule has 0 heterocycles. The second-order valence-electron chi connectivity index (χ2n) is 4.34. The van der Waals surface area contributed by atoms with E-state index in [0.29, 0.717) is 12.1 Å². The molecule has 1 N–H and O–H groups in total. The Balaban J connectivity index is 2.43. The minimum atomic E-state index is 0.402. The first-order valence-electron chi connectivity index (χ1n) is 6.29. The second kappa shape index (κ2) is 7.02. The molecule has 2 nitrogen and oxygen atoms in total. The zero-order valence-electron chi connectivity index (χ0n) is 10.2. The van der Waals surface area contributed by atoms with E-state index in [1.54, 1.807) is 0 Å². The van der Waals surface area contributed by atoms with E-state index in [1.165, 1.54) is 19.3 Å². The molecule has 0 radical (unpaired) electrons. The predicted octanol–water partition coefficient (Wildman–Crippen LogP) is 2.75. The third-order valence-corrected chi connectivity index (χ3v) is 2.92. The molecule has 0 spiro atoms. The average Bonchev–Trinajstić information content (AvgIpc) is 3.05. The topological polar surface area (TPSA) is 21.3 Å². The van der Waals surface area contributed by atoms with Gasteiger partial charge in [0, 0.05) is 12.6 Å². The Labute approximate surface area is 94.1 Å². The third kappa shape index (κ3) is 4.35. The molecule has 88 valence electrons. The van der Waals surface area contributed by atoms with Gasteiger partial charge >= 0.3 is 0 Å². The van der Waals surface area contributed by atoms with Gasteiger partial charge in [0.05, 0.1) is 6.10 Å². The first kappa shape index (κ1) is 12.7. The number of hydrogen-bond acceptors (Lipinski definition) is 2. The van der Waals surface area contributed by atoms with Gasteiger partial charge in [-0.05, 0) is 45.1 Å². The molecule has 2 atom stereocenters. The van der Waals surface area contributed by atoms with Crippen molar-refractivity contribution in [3.63, 3.8) is 0 Å². The molecule has 0 saturated heterocycles. The summed E-state index contributed by atoms with van der Waals surface area (Å²) in [6, 6.07) is 0.468. The van der Waals surface area contributed by atoms with Crippen molar-refractivity contribution in [1.82, 2.24) is 5.32 Å². The average molecular weight is 211 g/mol. The molecule has 0 aliphatic heterocycles. The molecule has 2 unspecified atom stereocenters. The summed E-state index contributed by atoms with van der Waals surface area (Å²) in [6.45, 7) is 10.0. The van der Waals surface area contributed by atoms with Crippen LogP contribution in [0.5, 0.6) is 0 Å². The van der Waals surface area contributed by atoms with E-state index in [1.807, 2.05) is 6.08 Å². The lowest BCUT2D eigenvalue weighted by Crippen LogP contribution is -2.42. The molecule has 1 aliphatic carbocycles. The van der Waals surface area contributed by atoms with Crippen LogP contribution in [-0.4, -0.2) is 25.3 Å². The van der Waals surface area contributed by atoms with Gasteiger partial charge in [-0.2, -0.15) is 0 Å². The van der Waals surface area contributed by atoms with Gasteiger partial charge < -0.3 is 10.1 Å². The molecular formula is C13H25NO. The highest BCUT2D eigenvalue weighted by molar-refractivity contribution is 4.93. The maximum atomic E-state index is 5.87. The van der Waals surface area contributed by atoms with E-state index in [2.05, 4.69) is 25.7 Å². The fourth-order valence-electron chi connectivity index (χ4n) is 2.04. The van der Waals surface area contributed by atoms with E-state index in [0.717, 1.165) is 25.5 Å². The van der Waals surface area contributed by atoms with E-state index in [9.17, 15) is 0 Å². The number of nitrogens with one attached hydrogen (secondary N) is 1. The van der Waals surface area contributed by atoms with E-state index in [4.69, 9.17) is 4.74 Å². The van der Waals surface area contributed by atoms with Gasteiger partial charge in [-0.3, -0.25) is 0 Å². The van der Waals surface area contributed by atoms with Crippen LogP contribution in [0, 0.1) is 5.92 Å². The normalized spacial score (nSPS) is 19.9. The zero-order valence-corrected chi connectivity index (χ0v) is 10.2. The lowest BCUT2D eigenvalue weighted by molar-refractivity contribution is 0.0199. The molecular weight excluding hydrogens is 186 g/mol. The van der Waals surface area contributed by atoms with Crippen molar-refractivity contribution >= 4 is 0 Å². The van der Waals surface area contributed by atoms with E-state index < -0.39 is 0 Å². The highest BCUT2D eigenvalue weighted by atomic mass is 16.5. The molecule has 15 heavy (non-hydrogen) atoms. The van der Waals surface area contributed by atoms with Gasteiger partial charge in [0.1, 0.15) is 0 Å². The number of ether oxygens (including phenoxy) is 1. The molecule has 0 aromatic carbocycles. The van der Waals surface area contributed by atoms with Gasteiger partial charge in [0.25, 0.3) is 0 Å². The molecule has 0 aromatic heterocycles. The van der Waals surface area contributed by atoms with Crippen LogP contribution in [0.4, 0.5) is 0 Å². The minimum absolute atomic E-state index is 0.402. The van der Waals surface area contributed by atoms with E-state index >= 15 is 0 Å². The Morgan fingerprint density at radius 3 is 2.67 bits per heavy atom. The Hall–Kier alpha value is -0.340. The van der Waals surface area contributed by atoms with Crippen LogP contribution in [0.2, 0.25) is 0 Å². The minimum Gasteiger partial charge on any atom is -0.377 e. The first-order valence-corrected chi connectivity index (χ1v) is 6.29. The summed E-state index contributed by atoms with van der Waals surface area (Å²) < 4.78 is 5.87. The first-order chi connectivity index (χ1) is 7.33. The summed E-state index contributed by atoms with van der Waals surface area (Å²) in [4.78, 5) is 0.